The first kappa shape index (κ1) is 17.7. The van der Waals surface area contributed by atoms with Crippen LogP contribution in [0.5, 0.6) is 0 Å². The van der Waals surface area contributed by atoms with Crippen molar-refractivity contribution >= 4 is 5.91 Å². The van der Waals surface area contributed by atoms with E-state index in [0.717, 1.165) is 12.8 Å². The molecule has 0 saturated heterocycles. The normalized spacial score (nSPS) is 14.0. The van der Waals surface area contributed by atoms with Crippen molar-refractivity contribution in [3.05, 3.63) is 35.4 Å². The maximum Gasteiger partial charge on any atom is 0.239 e. The molecule has 3 heteroatoms. The van der Waals surface area contributed by atoms with Crippen LogP contribution >= 0.6 is 0 Å². The molecule has 1 N–H and O–H groups in total. The van der Waals surface area contributed by atoms with Gasteiger partial charge < -0.3 is 4.90 Å². The topological polar surface area (TPSA) is 32.3 Å². The lowest BCUT2D eigenvalue weighted by Crippen LogP contribution is -2.45. The Kier molecular flexibility index (Phi) is 6.90. The molecule has 1 aromatic rings. The molecule has 1 rings (SSSR count). The molecule has 0 spiro atoms. The summed E-state index contributed by atoms with van der Waals surface area (Å²) in [6.45, 7) is 8.56. The first-order valence-electron chi connectivity index (χ1n) is 7.88. The largest absolute Gasteiger partial charge is 0.347 e. The zero-order valence-electron chi connectivity index (χ0n) is 14.3. The van der Waals surface area contributed by atoms with E-state index in [1.54, 1.807) is 4.90 Å². The van der Waals surface area contributed by atoms with E-state index in [-0.39, 0.29) is 18.0 Å². The second kappa shape index (κ2) is 8.18. The van der Waals surface area contributed by atoms with Crippen molar-refractivity contribution in [2.24, 2.45) is 5.92 Å². The van der Waals surface area contributed by atoms with Crippen molar-refractivity contribution in [3.8, 4) is 0 Å². The van der Waals surface area contributed by atoms with Gasteiger partial charge in [-0.25, -0.2) is 0 Å². The van der Waals surface area contributed by atoms with Crippen LogP contribution in [0.4, 0.5) is 0 Å². The molecule has 0 aliphatic carbocycles. The second-order valence-electron chi connectivity index (χ2n) is 6.45. The lowest BCUT2D eigenvalue weighted by molar-refractivity contribution is -0.131. The molecule has 1 amide bonds. The highest BCUT2D eigenvalue weighted by Gasteiger charge is 2.24. The minimum Gasteiger partial charge on any atom is -0.347 e. The van der Waals surface area contributed by atoms with Crippen LogP contribution in [0.1, 0.15) is 50.8 Å². The Balaban J connectivity index is 2.87. The Hall–Kier alpha value is -1.35. The molecule has 2 unspecified atom stereocenters. The quantitative estimate of drug-likeness (QED) is 0.833. The maximum atomic E-state index is 12.4. The van der Waals surface area contributed by atoms with Gasteiger partial charge >= 0.3 is 0 Å². The predicted octanol–water partition coefficient (Wildman–Crippen LogP) is 3.54. The summed E-state index contributed by atoms with van der Waals surface area (Å²) in [6, 6.07) is 8.67. The number of amides is 1. The molecule has 0 aliphatic rings. The van der Waals surface area contributed by atoms with Gasteiger partial charge in [-0.15, -0.1) is 0 Å². The summed E-state index contributed by atoms with van der Waals surface area (Å²) in [4.78, 5) is 14.1. The SMILES string of the molecule is CCC(NC(CC(C)C)C(=O)N(C)C)c1ccc(C)cc1. The van der Waals surface area contributed by atoms with Crippen molar-refractivity contribution < 1.29 is 4.79 Å². The van der Waals surface area contributed by atoms with Gasteiger partial charge in [-0.3, -0.25) is 10.1 Å². The Morgan fingerprint density at radius 1 is 1.19 bits per heavy atom. The average Bonchev–Trinajstić information content (AvgIpc) is 2.43. The number of likely N-dealkylation sites (N-methyl/N-ethyl adjacent to an activating group) is 1. The van der Waals surface area contributed by atoms with Gasteiger partial charge in [0.2, 0.25) is 5.91 Å². The van der Waals surface area contributed by atoms with E-state index in [1.165, 1.54) is 11.1 Å². The summed E-state index contributed by atoms with van der Waals surface area (Å²) in [7, 11) is 3.65. The number of nitrogens with one attached hydrogen (secondary N) is 1. The van der Waals surface area contributed by atoms with Gasteiger partial charge in [-0.2, -0.15) is 0 Å². The van der Waals surface area contributed by atoms with Crippen LogP contribution < -0.4 is 5.32 Å². The summed E-state index contributed by atoms with van der Waals surface area (Å²) < 4.78 is 0. The van der Waals surface area contributed by atoms with Gasteiger partial charge in [0.1, 0.15) is 0 Å². The molecule has 0 aliphatic heterocycles. The molecule has 0 bridgehead atoms. The lowest BCUT2D eigenvalue weighted by atomic mass is 9.98. The van der Waals surface area contributed by atoms with E-state index < -0.39 is 0 Å². The number of carbonyl (C=O) groups excluding carboxylic acids is 1. The van der Waals surface area contributed by atoms with E-state index in [4.69, 9.17) is 0 Å². The first-order chi connectivity index (χ1) is 9.85. The highest BCUT2D eigenvalue weighted by molar-refractivity contribution is 5.81. The number of aryl methyl sites for hydroxylation is 1. The van der Waals surface area contributed by atoms with Crippen molar-refractivity contribution in [1.29, 1.82) is 0 Å². The molecule has 21 heavy (non-hydrogen) atoms. The van der Waals surface area contributed by atoms with Gasteiger partial charge in [0.25, 0.3) is 0 Å². The number of benzene rings is 1. The number of nitrogens with zero attached hydrogens (tertiary/aromatic N) is 1. The van der Waals surface area contributed by atoms with Crippen molar-refractivity contribution in [1.82, 2.24) is 10.2 Å². The van der Waals surface area contributed by atoms with Crippen LogP contribution in [0.25, 0.3) is 0 Å². The smallest absolute Gasteiger partial charge is 0.239 e. The Morgan fingerprint density at radius 2 is 1.76 bits per heavy atom. The molecule has 0 heterocycles. The highest BCUT2D eigenvalue weighted by Crippen LogP contribution is 2.20. The third-order valence-electron chi connectivity index (χ3n) is 3.74. The van der Waals surface area contributed by atoms with Crippen LogP contribution in [0.2, 0.25) is 0 Å². The zero-order chi connectivity index (χ0) is 16.0. The van der Waals surface area contributed by atoms with E-state index in [2.05, 4.69) is 57.3 Å². The molecular weight excluding hydrogens is 260 g/mol. The van der Waals surface area contributed by atoms with Crippen molar-refractivity contribution in [2.75, 3.05) is 14.1 Å². The molecular formula is C18H30N2O. The fourth-order valence-corrected chi connectivity index (χ4v) is 2.51. The lowest BCUT2D eigenvalue weighted by Gasteiger charge is -2.28. The summed E-state index contributed by atoms with van der Waals surface area (Å²) in [5.74, 6) is 0.649. The van der Waals surface area contributed by atoms with E-state index in [0.29, 0.717) is 5.92 Å². The van der Waals surface area contributed by atoms with Crippen molar-refractivity contribution in [2.45, 2.75) is 52.6 Å². The molecule has 2 atom stereocenters. The summed E-state index contributed by atoms with van der Waals surface area (Å²) in [6.07, 6.45) is 1.83. The van der Waals surface area contributed by atoms with Gasteiger partial charge in [-0.1, -0.05) is 50.6 Å². The minimum atomic E-state index is -0.119. The van der Waals surface area contributed by atoms with Crippen LogP contribution in [0.15, 0.2) is 24.3 Å². The van der Waals surface area contributed by atoms with Crippen LogP contribution in [-0.2, 0) is 4.79 Å². The standard InChI is InChI=1S/C18H30N2O/c1-7-16(15-10-8-14(4)9-11-15)19-17(12-13(2)3)18(21)20(5)6/h8-11,13,16-17,19H,7,12H2,1-6H3. The Bertz CT molecular complexity index is 437. The second-order valence-corrected chi connectivity index (χ2v) is 6.45. The number of hydrogen-bond acceptors (Lipinski definition) is 2. The maximum absolute atomic E-state index is 12.4. The van der Waals surface area contributed by atoms with Crippen LogP contribution in [0, 0.1) is 12.8 Å². The Morgan fingerprint density at radius 3 is 2.19 bits per heavy atom. The van der Waals surface area contributed by atoms with Gasteiger partial charge in [-0.05, 0) is 31.2 Å². The number of rotatable bonds is 7. The molecule has 0 aromatic heterocycles. The molecule has 0 radical (unpaired) electrons. The molecule has 3 nitrogen and oxygen atoms in total. The molecule has 1 aromatic carbocycles. The minimum absolute atomic E-state index is 0.119. The zero-order valence-corrected chi connectivity index (χ0v) is 14.3. The van der Waals surface area contributed by atoms with Crippen LogP contribution in [-0.4, -0.2) is 30.9 Å². The van der Waals surface area contributed by atoms with E-state index >= 15 is 0 Å². The highest BCUT2D eigenvalue weighted by atomic mass is 16.2. The number of hydrogen-bond donors (Lipinski definition) is 1. The fourth-order valence-electron chi connectivity index (χ4n) is 2.51. The summed E-state index contributed by atoms with van der Waals surface area (Å²) in [5.41, 5.74) is 2.51. The first-order valence-corrected chi connectivity index (χ1v) is 7.88. The molecule has 0 saturated carbocycles. The summed E-state index contributed by atoms with van der Waals surface area (Å²) in [5, 5.41) is 3.56. The molecule has 118 valence electrons. The van der Waals surface area contributed by atoms with Gasteiger partial charge in [0, 0.05) is 20.1 Å². The third-order valence-corrected chi connectivity index (χ3v) is 3.74. The average molecular weight is 290 g/mol. The predicted molar refractivity (Wildman–Crippen MR) is 89.3 cm³/mol. The Labute approximate surface area is 129 Å². The fraction of sp³-hybridized carbons (Fsp3) is 0.611. The van der Waals surface area contributed by atoms with Crippen molar-refractivity contribution in [3.63, 3.8) is 0 Å². The van der Waals surface area contributed by atoms with E-state index in [1.807, 2.05) is 14.1 Å². The number of carbonyl (C=O) groups is 1. The van der Waals surface area contributed by atoms with Crippen LogP contribution in [0.3, 0.4) is 0 Å². The van der Waals surface area contributed by atoms with Gasteiger partial charge in [0.05, 0.1) is 6.04 Å². The summed E-state index contributed by atoms with van der Waals surface area (Å²) >= 11 is 0. The monoisotopic (exact) mass is 290 g/mol. The van der Waals surface area contributed by atoms with E-state index in [9.17, 15) is 4.79 Å². The molecule has 0 fully saturated rings. The van der Waals surface area contributed by atoms with Gasteiger partial charge in [0.15, 0.2) is 0 Å². The third kappa shape index (κ3) is 5.50.